The van der Waals surface area contributed by atoms with E-state index in [1.165, 1.54) is 0 Å². The average Bonchev–Trinajstić information content (AvgIpc) is 2.04. The Hall–Kier alpha value is -0.610. The first-order valence-electron chi connectivity index (χ1n) is 4.73. The molecule has 0 bridgehead atoms. The van der Waals surface area contributed by atoms with Crippen LogP contribution in [0, 0.1) is 5.92 Å². The van der Waals surface area contributed by atoms with Gasteiger partial charge in [0.2, 0.25) is 0 Å². The maximum absolute atomic E-state index is 11.0. The summed E-state index contributed by atoms with van der Waals surface area (Å²) in [6, 6.07) is -0.318. The van der Waals surface area contributed by atoms with Crippen molar-refractivity contribution < 1.29 is 9.90 Å². The van der Waals surface area contributed by atoms with E-state index < -0.39 is 5.97 Å². The lowest BCUT2D eigenvalue weighted by Gasteiger charge is -2.31. The predicted molar refractivity (Wildman–Crippen MR) is 50.7 cm³/mol. The summed E-state index contributed by atoms with van der Waals surface area (Å²) in [4.78, 5) is 12.8. The molecule has 2 N–H and O–H groups in total. The van der Waals surface area contributed by atoms with E-state index in [9.17, 15) is 4.79 Å². The predicted octanol–water partition coefficient (Wildman–Crippen LogP) is 0.000800. The van der Waals surface area contributed by atoms with Gasteiger partial charge in [-0.1, -0.05) is 0 Å². The first kappa shape index (κ1) is 10.5. The molecule has 0 radical (unpaired) electrons. The highest BCUT2D eigenvalue weighted by Gasteiger charge is 2.30. The fourth-order valence-electron chi connectivity index (χ4n) is 2.00. The van der Waals surface area contributed by atoms with Crippen LogP contribution in [0.4, 0.5) is 0 Å². The van der Waals surface area contributed by atoms with Crippen molar-refractivity contribution in [2.24, 2.45) is 5.92 Å². The molecule has 1 unspecified atom stereocenters. The van der Waals surface area contributed by atoms with Crippen molar-refractivity contribution in [3.63, 3.8) is 0 Å². The lowest BCUT2D eigenvalue weighted by atomic mass is 9.89. The molecule has 0 aromatic carbocycles. The summed E-state index contributed by atoms with van der Waals surface area (Å²) in [5, 5.41) is 12.3. The van der Waals surface area contributed by atoms with Crippen LogP contribution < -0.4 is 5.32 Å². The molecule has 1 saturated heterocycles. The zero-order valence-corrected chi connectivity index (χ0v) is 8.29. The van der Waals surface area contributed by atoms with Gasteiger partial charge in [0.25, 0.3) is 0 Å². The van der Waals surface area contributed by atoms with E-state index in [4.69, 9.17) is 5.11 Å². The standard InChI is InChI=1S/C9H18N2O2/c1-11(2)8(9(12)13)7-3-5-10-6-4-7/h7-8,10H,3-6H2,1-2H3,(H,12,13). The van der Waals surface area contributed by atoms with Crippen LogP contribution in [-0.2, 0) is 4.79 Å². The molecule has 1 rings (SSSR count). The summed E-state index contributed by atoms with van der Waals surface area (Å²) >= 11 is 0. The summed E-state index contributed by atoms with van der Waals surface area (Å²) in [5.41, 5.74) is 0. The maximum Gasteiger partial charge on any atom is 0.321 e. The SMILES string of the molecule is CN(C)C(C(=O)O)C1CCNCC1. The second-order valence-electron chi connectivity index (χ2n) is 3.83. The fraction of sp³-hybridized carbons (Fsp3) is 0.889. The van der Waals surface area contributed by atoms with Crippen LogP contribution in [0.1, 0.15) is 12.8 Å². The molecule has 0 aromatic heterocycles. The number of nitrogens with one attached hydrogen (secondary N) is 1. The molecule has 1 atom stereocenters. The van der Waals surface area contributed by atoms with Crippen LogP contribution >= 0.6 is 0 Å². The van der Waals surface area contributed by atoms with Crippen LogP contribution in [0.25, 0.3) is 0 Å². The van der Waals surface area contributed by atoms with Crippen LogP contribution in [0.5, 0.6) is 0 Å². The van der Waals surface area contributed by atoms with Crippen molar-refractivity contribution in [1.29, 1.82) is 0 Å². The smallest absolute Gasteiger partial charge is 0.321 e. The molecule has 4 heteroatoms. The van der Waals surface area contributed by atoms with Gasteiger partial charge in [0.05, 0.1) is 0 Å². The first-order valence-corrected chi connectivity index (χ1v) is 4.73. The second kappa shape index (κ2) is 4.58. The van der Waals surface area contributed by atoms with Gasteiger partial charge >= 0.3 is 5.97 Å². The van der Waals surface area contributed by atoms with Gasteiger partial charge in [0.1, 0.15) is 6.04 Å². The van der Waals surface area contributed by atoms with Crippen molar-refractivity contribution in [2.75, 3.05) is 27.2 Å². The highest BCUT2D eigenvalue weighted by molar-refractivity contribution is 5.73. The third kappa shape index (κ3) is 2.67. The van der Waals surface area contributed by atoms with Gasteiger partial charge in [0, 0.05) is 0 Å². The van der Waals surface area contributed by atoms with Crippen molar-refractivity contribution in [3.05, 3.63) is 0 Å². The van der Waals surface area contributed by atoms with Gasteiger partial charge in [-0.2, -0.15) is 0 Å². The minimum atomic E-state index is -0.697. The Morgan fingerprint density at radius 3 is 2.38 bits per heavy atom. The third-order valence-electron chi connectivity index (χ3n) is 2.64. The minimum Gasteiger partial charge on any atom is -0.480 e. The van der Waals surface area contributed by atoms with E-state index in [1.54, 1.807) is 4.90 Å². The number of carboxylic acid groups (broad SMARTS) is 1. The van der Waals surface area contributed by atoms with Gasteiger partial charge in [-0.25, -0.2) is 0 Å². The summed E-state index contributed by atoms with van der Waals surface area (Å²) < 4.78 is 0. The van der Waals surface area contributed by atoms with Gasteiger partial charge in [-0.15, -0.1) is 0 Å². The molecule has 1 aliphatic heterocycles. The normalized spacial score (nSPS) is 21.8. The highest BCUT2D eigenvalue weighted by Crippen LogP contribution is 2.19. The number of piperidine rings is 1. The number of nitrogens with zero attached hydrogens (tertiary/aromatic N) is 1. The Morgan fingerprint density at radius 1 is 1.46 bits per heavy atom. The molecule has 0 amide bonds. The third-order valence-corrected chi connectivity index (χ3v) is 2.64. The van der Waals surface area contributed by atoms with E-state index in [0.717, 1.165) is 25.9 Å². The van der Waals surface area contributed by atoms with Gasteiger partial charge < -0.3 is 10.4 Å². The molecule has 0 aromatic rings. The van der Waals surface area contributed by atoms with Crippen molar-refractivity contribution in [3.8, 4) is 0 Å². The Balaban J connectivity index is 2.57. The van der Waals surface area contributed by atoms with E-state index in [-0.39, 0.29) is 6.04 Å². The molecule has 4 nitrogen and oxygen atoms in total. The van der Waals surface area contributed by atoms with Gasteiger partial charge in [-0.05, 0) is 45.9 Å². The Labute approximate surface area is 78.9 Å². The van der Waals surface area contributed by atoms with E-state index in [2.05, 4.69) is 5.32 Å². The van der Waals surface area contributed by atoms with E-state index >= 15 is 0 Å². The topological polar surface area (TPSA) is 52.6 Å². The molecule has 76 valence electrons. The molecule has 13 heavy (non-hydrogen) atoms. The lowest BCUT2D eigenvalue weighted by molar-refractivity contribution is -0.144. The molecule has 0 aliphatic carbocycles. The number of carboxylic acids is 1. The van der Waals surface area contributed by atoms with Crippen molar-refractivity contribution in [1.82, 2.24) is 10.2 Å². The number of hydrogen-bond acceptors (Lipinski definition) is 3. The number of carbonyl (C=O) groups is 1. The second-order valence-corrected chi connectivity index (χ2v) is 3.83. The fourth-order valence-corrected chi connectivity index (χ4v) is 2.00. The van der Waals surface area contributed by atoms with Gasteiger partial charge in [-0.3, -0.25) is 9.69 Å². The monoisotopic (exact) mass is 186 g/mol. The number of likely N-dealkylation sites (N-methyl/N-ethyl adjacent to an activating group) is 1. The van der Waals surface area contributed by atoms with Crippen LogP contribution in [-0.4, -0.2) is 49.2 Å². The first-order chi connectivity index (χ1) is 6.13. The lowest BCUT2D eigenvalue weighted by Crippen LogP contribution is -2.45. The number of aliphatic carboxylic acids is 1. The minimum absolute atomic E-state index is 0.300. The maximum atomic E-state index is 11.0. The molecular weight excluding hydrogens is 168 g/mol. The Morgan fingerprint density at radius 2 is 2.00 bits per heavy atom. The molecule has 0 saturated carbocycles. The summed E-state index contributed by atoms with van der Waals surface area (Å²) in [5.74, 6) is -0.398. The molecule has 1 fully saturated rings. The van der Waals surface area contributed by atoms with Crippen LogP contribution in [0.15, 0.2) is 0 Å². The van der Waals surface area contributed by atoms with Crippen molar-refractivity contribution in [2.45, 2.75) is 18.9 Å². The average molecular weight is 186 g/mol. The highest BCUT2D eigenvalue weighted by atomic mass is 16.4. The zero-order chi connectivity index (χ0) is 9.84. The molecule has 0 spiro atoms. The quantitative estimate of drug-likeness (QED) is 0.651. The zero-order valence-electron chi connectivity index (χ0n) is 8.29. The van der Waals surface area contributed by atoms with Gasteiger partial charge in [0.15, 0.2) is 0 Å². The largest absolute Gasteiger partial charge is 0.480 e. The Kier molecular flexibility index (Phi) is 3.69. The molecule has 1 aliphatic rings. The van der Waals surface area contributed by atoms with Crippen LogP contribution in [0.3, 0.4) is 0 Å². The van der Waals surface area contributed by atoms with E-state index in [1.807, 2.05) is 14.1 Å². The molecule has 1 heterocycles. The summed E-state index contributed by atoms with van der Waals surface area (Å²) in [6.45, 7) is 1.89. The Bertz CT molecular complexity index is 176. The summed E-state index contributed by atoms with van der Waals surface area (Å²) in [6.07, 6.45) is 1.93. The number of rotatable bonds is 3. The van der Waals surface area contributed by atoms with E-state index in [0.29, 0.717) is 5.92 Å². The molecular formula is C9H18N2O2. The van der Waals surface area contributed by atoms with Crippen LogP contribution in [0.2, 0.25) is 0 Å². The number of hydrogen-bond donors (Lipinski definition) is 2. The van der Waals surface area contributed by atoms with Crippen molar-refractivity contribution >= 4 is 5.97 Å². The summed E-state index contributed by atoms with van der Waals surface area (Å²) in [7, 11) is 3.67.